The maximum absolute atomic E-state index is 11.9. The quantitative estimate of drug-likeness (QED) is 0.786. The number of carbonyl (C=O) groups excluding carboxylic acids is 1. The van der Waals surface area contributed by atoms with Gasteiger partial charge in [0.25, 0.3) is 0 Å². The summed E-state index contributed by atoms with van der Waals surface area (Å²) in [6.45, 7) is 4.58. The van der Waals surface area contributed by atoms with Crippen molar-refractivity contribution in [3.8, 4) is 0 Å². The Balaban J connectivity index is 1.64. The van der Waals surface area contributed by atoms with Gasteiger partial charge in [0.2, 0.25) is 5.89 Å². The molecule has 1 aliphatic heterocycles. The summed E-state index contributed by atoms with van der Waals surface area (Å²) in [5, 5.41) is 4.00. The number of methoxy groups -OCH3 is 1. The standard InChI is InChI=1S/C18H23N3O3/c1-13-19-17(20-24-13)10-14-6-5-9-21(11-14)12-15-7-3-4-8-16(15)18(22)23-2/h3-4,7-8,14H,5-6,9-12H2,1-2H3. The van der Waals surface area contributed by atoms with Gasteiger partial charge in [-0.2, -0.15) is 4.98 Å². The first kappa shape index (κ1) is 16.6. The third-order valence-corrected chi connectivity index (χ3v) is 4.46. The molecule has 2 heterocycles. The number of carbonyl (C=O) groups is 1. The number of aryl methyl sites for hydroxylation is 1. The zero-order chi connectivity index (χ0) is 16.9. The van der Waals surface area contributed by atoms with Gasteiger partial charge in [0.05, 0.1) is 12.7 Å². The summed E-state index contributed by atoms with van der Waals surface area (Å²) in [5.74, 6) is 1.64. The van der Waals surface area contributed by atoms with E-state index in [1.807, 2.05) is 31.2 Å². The van der Waals surface area contributed by atoms with Crippen LogP contribution in [-0.2, 0) is 17.7 Å². The average molecular weight is 329 g/mol. The first-order valence-electron chi connectivity index (χ1n) is 8.33. The Morgan fingerprint density at radius 2 is 2.25 bits per heavy atom. The molecule has 6 heteroatoms. The van der Waals surface area contributed by atoms with Crippen LogP contribution in [0, 0.1) is 12.8 Å². The molecule has 128 valence electrons. The van der Waals surface area contributed by atoms with Crippen molar-refractivity contribution in [1.29, 1.82) is 0 Å². The zero-order valence-corrected chi connectivity index (χ0v) is 14.2. The third-order valence-electron chi connectivity index (χ3n) is 4.46. The number of nitrogens with zero attached hydrogens (tertiary/aromatic N) is 3. The smallest absolute Gasteiger partial charge is 0.338 e. The van der Waals surface area contributed by atoms with Crippen molar-refractivity contribution in [3.05, 3.63) is 47.1 Å². The van der Waals surface area contributed by atoms with Crippen LogP contribution in [-0.4, -0.2) is 41.2 Å². The summed E-state index contributed by atoms with van der Waals surface area (Å²) in [4.78, 5) is 18.6. The maximum Gasteiger partial charge on any atom is 0.338 e. The predicted octanol–water partition coefficient (Wildman–Crippen LogP) is 2.62. The van der Waals surface area contributed by atoms with Crippen molar-refractivity contribution in [1.82, 2.24) is 15.0 Å². The predicted molar refractivity (Wildman–Crippen MR) is 88.5 cm³/mol. The summed E-state index contributed by atoms with van der Waals surface area (Å²) in [7, 11) is 1.42. The van der Waals surface area contributed by atoms with Crippen LogP contribution >= 0.6 is 0 Å². The number of ether oxygens (including phenoxy) is 1. The molecule has 2 aromatic rings. The highest BCUT2D eigenvalue weighted by Gasteiger charge is 2.23. The van der Waals surface area contributed by atoms with Gasteiger partial charge in [0.1, 0.15) is 0 Å². The molecular weight excluding hydrogens is 306 g/mol. The van der Waals surface area contributed by atoms with Gasteiger partial charge in [-0.25, -0.2) is 4.79 Å². The average Bonchev–Trinajstić information content (AvgIpc) is 3.00. The van der Waals surface area contributed by atoms with E-state index in [2.05, 4.69) is 15.0 Å². The largest absolute Gasteiger partial charge is 0.465 e. The van der Waals surface area contributed by atoms with E-state index in [1.165, 1.54) is 13.5 Å². The normalized spacial score (nSPS) is 18.5. The molecule has 1 aromatic heterocycles. The van der Waals surface area contributed by atoms with Gasteiger partial charge in [-0.3, -0.25) is 4.90 Å². The summed E-state index contributed by atoms with van der Waals surface area (Å²) in [5.41, 5.74) is 1.66. The number of hydrogen-bond acceptors (Lipinski definition) is 6. The lowest BCUT2D eigenvalue weighted by molar-refractivity contribution is 0.0597. The van der Waals surface area contributed by atoms with Gasteiger partial charge < -0.3 is 9.26 Å². The Kier molecular flexibility index (Phi) is 5.25. The van der Waals surface area contributed by atoms with E-state index in [0.29, 0.717) is 17.4 Å². The number of hydrogen-bond donors (Lipinski definition) is 0. The fourth-order valence-corrected chi connectivity index (χ4v) is 3.35. The molecule has 0 aliphatic carbocycles. The van der Waals surface area contributed by atoms with Crippen LogP contribution in [0.25, 0.3) is 0 Å². The van der Waals surface area contributed by atoms with E-state index in [9.17, 15) is 4.79 Å². The monoisotopic (exact) mass is 329 g/mol. The zero-order valence-electron chi connectivity index (χ0n) is 14.2. The molecule has 0 N–H and O–H groups in total. The first-order valence-corrected chi connectivity index (χ1v) is 8.33. The van der Waals surface area contributed by atoms with Gasteiger partial charge in [-0.05, 0) is 36.9 Å². The van der Waals surface area contributed by atoms with Crippen molar-refractivity contribution in [2.75, 3.05) is 20.2 Å². The molecule has 1 atom stereocenters. The highest BCUT2D eigenvalue weighted by molar-refractivity contribution is 5.90. The Bertz CT molecular complexity index is 698. The molecule has 1 unspecified atom stereocenters. The Labute approximate surface area is 141 Å². The number of piperidine rings is 1. The van der Waals surface area contributed by atoms with Crippen LogP contribution in [0.5, 0.6) is 0 Å². The second-order valence-corrected chi connectivity index (χ2v) is 6.33. The minimum absolute atomic E-state index is 0.276. The van der Waals surface area contributed by atoms with Crippen molar-refractivity contribution in [2.45, 2.75) is 32.7 Å². The van der Waals surface area contributed by atoms with Gasteiger partial charge in [0.15, 0.2) is 5.82 Å². The van der Waals surface area contributed by atoms with Crippen molar-refractivity contribution in [3.63, 3.8) is 0 Å². The van der Waals surface area contributed by atoms with E-state index in [1.54, 1.807) is 0 Å². The van der Waals surface area contributed by atoms with E-state index in [0.717, 1.165) is 43.9 Å². The SMILES string of the molecule is COC(=O)c1ccccc1CN1CCCC(Cc2noc(C)n2)C1. The molecule has 0 saturated carbocycles. The lowest BCUT2D eigenvalue weighted by Gasteiger charge is -2.32. The highest BCUT2D eigenvalue weighted by Crippen LogP contribution is 2.22. The molecule has 1 saturated heterocycles. The van der Waals surface area contributed by atoms with Gasteiger partial charge in [-0.15, -0.1) is 0 Å². The second kappa shape index (κ2) is 7.57. The Morgan fingerprint density at radius 3 is 3.00 bits per heavy atom. The van der Waals surface area contributed by atoms with E-state index in [-0.39, 0.29) is 5.97 Å². The third kappa shape index (κ3) is 4.00. The van der Waals surface area contributed by atoms with Crippen LogP contribution in [0.15, 0.2) is 28.8 Å². The van der Waals surface area contributed by atoms with Gasteiger partial charge >= 0.3 is 5.97 Å². The number of esters is 1. The van der Waals surface area contributed by atoms with E-state index < -0.39 is 0 Å². The Morgan fingerprint density at radius 1 is 1.42 bits per heavy atom. The number of likely N-dealkylation sites (tertiary alicyclic amines) is 1. The minimum atomic E-state index is -0.276. The van der Waals surface area contributed by atoms with Crippen LogP contribution in [0.2, 0.25) is 0 Å². The second-order valence-electron chi connectivity index (χ2n) is 6.33. The summed E-state index contributed by atoms with van der Waals surface area (Å²) in [6, 6.07) is 7.65. The van der Waals surface area contributed by atoms with Crippen LogP contribution in [0.3, 0.4) is 0 Å². The van der Waals surface area contributed by atoms with Gasteiger partial charge in [0, 0.05) is 26.4 Å². The van der Waals surface area contributed by atoms with Gasteiger partial charge in [-0.1, -0.05) is 23.4 Å². The molecule has 6 nitrogen and oxygen atoms in total. The molecular formula is C18H23N3O3. The van der Waals surface area contributed by atoms with Crippen molar-refractivity contribution in [2.24, 2.45) is 5.92 Å². The molecule has 0 bridgehead atoms. The Hall–Kier alpha value is -2.21. The number of aromatic nitrogens is 2. The number of rotatable bonds is 5. The first-order chi connectivity index (χ1) is 11.7. The van der Waals surface area contributed by atoms with Crippen molar-refractivity contribution >= 4 is 5.97 Å². The van der Waals surface area contributed by atoms with Crippen LogP contribution < -0.4 is 0 Å². The van der Waals surface area contributed by atoms with E-state index in [4.69, 9.17) is 9.26 Å². The molecule has 1 aromatic carbocycles. The topological polar surface area (TPSA) is 68.5 Å². The molecule has 24 heavy (non-hydrogen) atoms. The molecule has 0 amide bonds. The molecule has 1 fully saturated rings. The summed E-state index contributed by atoms with van der Waals surface area (Å²) >= 11 is 0. The fraction of sp³-hybridized carbons (Fsp3) is 0.500. The maximum atomic E-state index is 11.9. The molecule has 1 aliphatic rings. The molecule has 3 rings (SSSR count). The molecule has 0 radical (unpaired) electrons. The fourth-order valence-electron chi connectivity index (χ4n) is 3.35. The van der Waals surface area contributed by atoms with Crippen LogP contribution in [0.1, 0.15) is 40.5 Å². The lowest BCUT2D eigenvalue weighted by Crippen LogP contribution is -2.36. The van der Waals surface area contributed by atoms with E-state index >= 15 is 0 Å². The van der Waals surface area contributed by atoms with Crippen molar-refractivity contribution < 1.29 is 14.1 Å². The summed E-state index contributed by atoms with van der Waals surface area (Å²) in [6.07, 6.45) is 3.15. The number of benzene rings is 1. The highest BCUT2D eigenvalue weighted by atomic mass is 16.5. The molecule has 0 spiro atoms. The minimum Gasteiger partial charge on any atom is -0.465 e. The summed E-state index contributed by atoms with van der Waals surface area (Å²) < 4.78 is 9.94. The lowest BCUT2D eigenvalue weighted by atomic mass is 9.94. The van der Waals surface area contributed by atoms with Crippen LogP contribution in [0.4, 0.5) is 0 Å².